The molecule has 2 heteroatoms. The first kappa shape index (κ1) is 11.6. The van der Waals surface area contributed by atoms with E-state index in [0.717, 1.165) is 19.3 Å². The molecule has 1 aliphatic carbocycles. The van der Waals surface area contributed by atoms with E-state index in [0.29, 0.717) is 6.54 Å². The minimum absolute atomic E-state index is 0.0157. The SMILES string of the molecule is NCC1(CCO)CCCCc2ccccc21. The lowest BCUT2D eigenvalue weighted by Crippen LogP contribution is -2.36. The Morgan fingerprint density at radius 2 is 2.06 bits per heavy atom. The Morgan fingerprint density at radius 3 is 2.81 bits per heavy atom. The molecule has 0 bridgehead atoms. The molecule has 0 spiro atoms. The summed E-state index contributed by atoms with van der Waals surface area (Å²) in [5, 5.41) is 9.28. The van der Waals surface area contributed by atoms with Crippen LogP contribution in [0.15, 0.2) is 24.3 Å². The highest BCUT2D eigenvalue weighted by Gasteiger charge is 2.33. The summed E-state index contributed by atoms with van der Waals surface area (Å²) in [5.41, 5.74) is 8.82. The van der Waals surface area contributed by atoms with E-state index in [2.05, 4.69) is 24.3 Å². The van der Waals surface area contributed by atoms with E-state index in [4.69, 9.17) is 5.73 Å². The van der Waals surface area contributed by atoms with Crippen LogP contribution in [0.1, 0.15) is 36.8 Å². The van der Waals surface area contributed by atoms with Crippen molar-refractivity contribution in [1.29, 1.82) is 0 Å². The second-order valence-corrected chi connectivity index (χ2v) is 4.82. The highest BCUT2D eigenvalue weighted by molar-refractivity contribution is 5.36. The maximum atomic E-state index is 9.28. The molecule has 1 aromatic rings. The predicted octanol–water partition coefficient (Wildman–Crippen LogP) is 1.99. The van der Waals surface area contributed by atoms with Crippen LogP contribution in [-0.2, 0) is 11.8 Å². The van der Waals surface area contributed by atoms with E-state index >= 15 is 0 Å². The normalized spacial score (nSPS) is 24.9. The zero-order chi connectivity index (χ0) is 11.4. The van der Waals surface area contributed by atoms with Gasteiger partial charge in [0.1, 0.15) is 0 Å². The minimum Gasteiger partial charge on any atom is -0.396 e. The summed E-state index contributed by atoms with van der Waals surface area (Å²) in [7, 11) is 0. The molecule has 1 unspecified atom stereocenters. The molecule has 0 saturated heterocycles. The van der Waals surface area contributed by atoms with Crippen LogP contribution in [-0.4, -0.2) is 18.3 Å². The number of aliphatic hydroxyl groups is 1. The fourth-order valence-corrected chi connectivity index (χ4v) is 2.96. The van der Waals surface area contributed by atoms with Crippen LogP contribution < -0.4 is 5.73 Å². The lowest BCUT2D eigenvalue weighted by molar-refractivity contribution is 0.230. The number of aryl methyl sites for hydroxylation is 1. The maximum Gasteiger partial charge on any atom is 0.0440 e. The molecule has 0 heterocycles. The van der Waals surface area contributed by atoms with E-state index in [9.17, 15) is 5.11 Å². The van der Waals surface area contributed by atoms with Crippen molar-refractivity contribution in [2.24, 2.45) is 5.73 Å². The second-order valence-electron chi connectivity index (χ2n) is 4.82. The number of hydrogen-bond acceptors (Lipinski definition) is 2. The summed E-state index contributed by atoms with van der Waals surface area (Å²) in [6.07, 6.45) is 5.51. The summed E-state index contributed by atoms with van der Waals surface area (Å²) >= 11 is 0. The third-order valence-electron chi connectivity index (χ3n) is 3.92. The van der Waals surface area contributed by atoms with Gasteiger partial charge in [0, 0.05) is 18.6 Å². The number of hydrogen-bond donors (Lipinski definition) is 2. The fourth-order valence-electron chi connectivity index (χ4n) is 2.96. The van der Waals surface area contributed by atoms with Gasteiger partial charge in [-0.15, -0.1) is 0 Å². The van der Waals surface area contributed by atoms with E-state index in [1.807, 2.05) is 0 Å². The van der Waals surface area contributed by atoms with E-state index in [1.54, 1.807) is 0 Å². The van der Waals surface area contributed by atoms with Gasteiger partial charge in [0.25, 0.3) is 0 Å². The van der Waals surface area contributed by atoms with Crippen molar-refractivity contribution in [2.45, 2.75) is 37.5 Å². The average Bonchev–Trinajstić information content (AvgIpc) is 2.51. The quantitative estimate of drug-likeness (QED) is 0.764. The van der Waals surface area contributed by atoms with Gasteiger partial charge in [0.2, 0.25) is 0 Å². The van der Waals surface area contributed by atoms with Crippen molar-refractivity contribution >= 4 is 0 Å². The highest BCUT2D eigenvalue weighted by atomic mass is 16.3. The summed E-state index contributed by atoms with van der Waals surface area (Å²) in [6.45, 7) is 0.871. The van der Waals surface area contributed by atoms with Gasteiger partial charge in [0.15, 0.2) is 0 Å². The Labute approximate surface area is 97.5 Å². The molecule has 0 saturated carbocycles. The Morgan fingerprint density at radius 1 is 1.25 bits per heavy atom. The first-order chi connectivity index (χ1) is 7.82. The van der Waals surface area contributed by atoms with Crippen LogP contribution in [0.4, 0.5) is 0 Å². The van der Waals surface area contributed by atoms with Crippen molar-refractivity contribution in [3.05, 3.63) is 35.4 Å². The van der Waals surface area contributed by atoms with Crippen molar-refractivity contribution in [3.63, 3.8) is 0 Å². The zero-order valence-electron chi connectivity index (χ0n) is 9.78. The molecular formula is C14H21NO. The van der Waals surface area contributed by atoms with Crippen molar-refractivity contribution < 1.29 is 5.11 Å². The minimum atomic E-state index is 0.0157. The highest BCUT2D eigenvalue weighted by Crippen LogP contribution is 2.37. The van der Waals surface area contributed by atoms with Gasteiger partial charge in [-0.05, 0) is 36.8 Å². The molecule has 0 radical (unpaired) electrons. The number of nitrogens with two attached hydrogens (primary N) is 1. The Balaban J connectivity index is 2.44. The van der Waals surface area contributed by atoms with Crippen molar-refractivity contribution in [2.75, 3.05) is 13.2 Å². The molecule has 3 N–H and O–H groups in total. The lowest BCUT2D eigenvalue weighted by Gasteiger charge is -2.33. The Bertz CT molecular complexity index is 350. The van der Waals surface area contributed by atoms with Crippen LogP contribution >= 0.6 is 0 Å². The molecule has 0 fully saturated rings. The molecule has 16 heavy (non-hydrogen) atoms. The van der Waals surface area contributed by atoms with Gasteiger partial charge < -0.3 is 10.8 Å². The first-order valence-corrected chi connectivity index (χ1v) is 6.22. The topological polar surface area (TPSA) is 46.2 Å². The first-order valence-electron chi connectivity index (χ1n) is 6.22. The number of rotatable bonds is 3. The van der Waals surface area contributed by atoms with E-state index in [1.165, 1.54) is 24.0 Å². The average molecular weight is 219 g/mol. The second kappa shape index (κ2) is 4.98. The molecule has 88 valence electrons. The molecule has 1 aromatic carbocycles. The largest absolute Gasteiger partial charge is 0.396 e. The molecule has 0 aliphatic heterocycles. The zero-order valence-corrected chi connectivity index (χ0v) is 9.78. The van der Waals surface area contributed by atoms with Crippen LogP contribution in [0, 0.1) is 0 Å². The van der Waals surface area contributed by atoms with Crippen LogP contribution in [0.25, 0.3) is 0 Å². The molecule has 0 amide bonds. The lowest BCUT2D eigenvalue weighted by atomic mass is 9.74. The number of benzene rings is 1. The summed E-state index contributed by atoms with van der Waals surface area (Å²) in [4.78, 5) is 0. The van der Waals surface area contributed by atoms with Gasteiger partial charge in [-0.1, -0.05) is 30.7 Å². The number of aliphatic hydroxyl groups excluding tert-OH is 1. The monoisotopic (exact) mass is 219 g/mol. The third-order valence-corrected chi connectivity index (χ3v) is 3.92. The summed E-state index contributed by atoms with van der Waals surface area (Å²) < 4.78 is 0. The van der Waals surface area contributed by atoms with Gasteiger partial charge in [-0.2, -0.15) is 0 Å². The smallest absolute Gasteiger partial charge is 0.0440 e. The van der Waals surface area contributed by atoms with Gasteiger partial charge in [-0.3, -0.25) is 0 Å². The van der Waals surface area contributed by atoms with E-state index < -0.39 is 0 Å². The third kappa shape index (κ3) is 2.00. The standard InChI is InChI=1S/C14H21NO/c15-11-14(9-10-16)8-4-3-6-12-5-1-2-7-13(12)14/h1-2,5,7,16H,3-4,6,8-11,15H2. The van der Waals surface area contributed by atoms with Gasteiger partial charge in [-0.25, -0.2) is 0 Å². The maximum absolute atomic E-state index is 9.28. The molecule has 1 atom stereocenters. The Kier molecular flexibility index (Phi) is 3.62. The summed E-state index contributed by atoms with van der Waals surface area (Å²) in [5.74, 6) is 0. The van der Waals surface area contributed by atoms with Crippen LogP contribution in [0.5, 0.6) is 0 Å². The predicted molar refractivity (Wildman–Crippen MR) is 66.4 cm³/mol. The van der Waals surface area contributed by atoms with Crippen molar-refractivity contribution in [3.8, 4) is 0 Å². The molecule has 1 aliphatic rings. The Hall–Kier alpha value is -0.860. The molecule has 2 rings (SSSR count). The van der Waals surface area contributed by atoms with Gasteiger partial charge in [0.05, 0.1) is 0 Å². The van der Waals surface area contributed by atoms with Crippen LogP contribution in [0.3, 0.4) is 0 Å². The molecule has 0 aromatic heterocycles. The number of fused-ring (bicyclic) bond motifs is 1. The fraction of sp³-hybridized carbons (Fsp3) is 0.571. The molecule has 2 nitrogen and oxygen atoms in total. The van der Waals surface area contributed by atoms with Crippen LogP contribution in [0.2, 0.25) is 0 Å². The van der Waals surface area contributed by atoms with E-state index in [-0.39, 0.29) is 12.0 Å². The summed E-state index contributed by atoms with van der Waals surface area (Å²) in [6, 6.07) is 8.60. The molecular weight excluding hydrogens is 198 g/mol. The van der Waals surface area contributed by atoms with Gasteiger partial charge >= 0.3 is 0 Å². The van der Waals surface area contributed by atoms with Crippen molar-refractivity contribution in [1.82, 2.24) is 0 Å².